The minimum Gasteiger partial charge on any atom is -0.495 e. The van der Waals surface area contributed by atoms with E-state index in [9.17, 15) is 4.79 Å². The first kappa shape index (κ1) is 18.9. The van der Waals surface area contributed by atoms with E-state index in [0.29, 0.717) is 17.9 Å². The van der Waals surface area contributed by atoms with Crippen LogP contribution in [0.5, 0.6) is 5.75 Å². The summed E-state index contributed by atoms with van der Waals surface area (Å²) >= 11 is 1.43. The van der Waals surface area contributed by atoms with Gasteiger partial charge < -0.3 is 10.1 Å². The van der Waals surface area contributed by atoms with Crippen molar-refractivity contribution in [3.8, 4) is 17.0 Å². The highest BCUT2D eigenvalue weighted by Gasteiger charge is 2.20. The van der Waals surface area contributed by atoms with Crippen LogP contribution in [0.3, 0.4) is 0 Å². The molecule has 3 rings (SSSR count). The normalized spacial score (nSPS) is 11.6. The summed E-state index contributed by atoms with van der Waals surface area (Å²) in [6, 6.07) is 19.2. The van der Waals surface area contributed by atoms with Crippen LogP contribution in [0.25, 0.3) is 11.3 Å². The number of para-hydroxylation sites is 2. The number of benzene rings is 2. The second-order valence-corrected chi connectivity index (χ2v) is 7.03. The summed E-state index contributed by atoms with van der Waals surface area (Å²) in [4.78, 5) is 21.4. The van der Waals surface area contributed by atoms with E-state index in [-0.39, 0.29) is 11.2 Å². The average Bonchev–Trinajstić information content (AvgIpc) is 2.73. The van der Waals surface area contributed by atoms with Gasteiger partial charge in [-0.3, -0.25) is 4.79 Å². The van der Waals surface area contributed by atoms with Crippen LogP contribution in [0.2, 0.25) is 0 Å². The highest BCUT2D eigenvalue weighted by atomic mass is 32.2. The number of anilines is 1. The number of amides is 1. The van der Waals surface area contributed by atoms with Gasteiger partial charge in [0.1, 0.15) is 17.1 Å². The molecule has 3 aromatic rings. The number of aromatic nitrogens is 2. The van der Waals surface area contributed by atoms with Crippen molar-refractivity contribution in [2.45, 2.75) is 23.6 Å². The molecule has 138 valence electrons. The molecule has 1 N–H and O–H groups in total. The Morgan fingerprint density at radius 1 is 1.11 bits per heavy atom. The van der Waals surface area contributed by atoms with Gasteiger partial charge in [0, 0.05) is 5.56 Å². The molecular formula is C21H21N3O2S. The number of rotatable bonds is 7. The molecule has 0 bridgehead atoms. The fraction of sp³-hybridized carbons (Fsp3) is 0.190. The Hall–Kier alpha value is -2.86. The van der Waals surface area contributed by atoms with Crippen molar-refractivity contribution in [1.29, 1.82) is 0 Å². The van der Waals surface area contributed by atoms with Gasteiger partial charge in [0.05, 0.1) is 23.7 Å². The number of nitrogens with zero attached hydrogens (tertiary/aromatic N) is 2. The van der Waals surface area contributed by atoms with Gasteiger partial charge >= 0.3 is 0 Å². The van der Waals surface area contributed by atoms with Crippen molar-refractivity contribution in [2.24, 2.45) is 0 Å². The molecule has 0 fully saturated rings. The number of nitrogens with one attached hydrogen (secondary N) is 1. The zero-order valence-corrected chi connectivity index (χ0v) is 16.1. The standard InChI is InChI=1S/C21H21N3O2S/c1-3-19(21(25)24-16-11-7-8-12-18(16)26-2)27-20-13-17(22-14-23-20)15-9-5-4-6-10-15/h4-14,19H,3H2,1-2H3,(H,24,25)/t19-/m0/s1. The predicted octanol–water partition coefficient (Wildman–Crippen LogP) is 4.66. The largest absolute Gasteiger partial charge is 0.495 e. The van der Waals surface area contributed by atoms with Gasteiger partial charge in [-0.25, -0.2) is 9.97 Å². The first-order valence-corrected chi connectivity index (χ1v) is 9.57. The van der Waals surface area contributed by atoms with E-state index >= 15 is 0 Å². The monoisotopic (exact) mass is 379 g/mol. The maximum atomic E-state index is 12.7. The zero-order chi connectivity index (χ0) is 19.1. The SMILES string of the molecule is CC[C@H](Sc1cc(-c2ccccc2)ncn1)C(=O)Nc1ccccc1OC. The minimum absolute atomic E-state index is 0.0770. The molecule has 0 aliphatic carbocycles. The highest BCUT2D eigenvalue weighted by molar-refractivity contribution is 8.00. The van der Waals surface area contributed by atoms with Crippen molar-refractivity contribution < 1.29 is 9.53 Å². The highest BCUT2D eigenvalue weighted by Crippen LogP contribution is 2.29. The van der Waals surface area contributed by atoms with Gasteiger partial charge in [-0.15, -0.1) is 0 Å². The van der Waals surface area contributed by atoms with Crippen LogP contribution in [0.15, 0.2) is 72.0 Å². The first-order chi connectivity index (χ1) is 13.2. The number of hydrogen-bond donors (Lipinski definition) is 1. The maximum Gasteiger partial charge on any atom is 0.238 e. The number of methoxy groups -OCH3 is 1. The molecule has 0 saturated heterocycles. The van der Waals surface area contributed by atoms with Gasteiger partial charge in [-0.2, -0.15) is 0 Å². The average molecular weight is 379 g/mol. The van der Waals surface area contributed by atoms with Crippen LogP contribution in [0.4, 0.5) is 5.69 Å². The molecule has 5 nitrogen and oxygen atoms in total. The lowest BCUT2D eigenvalue weighted by atomic mass is 10.1. The smallest absolute Gasteiger partial charge is 0.238 e. The molecule has 0 aliphatic rings. The van der Waals surface area contributed by atoms with Crippen molar-refractivity contribution in [1.82, 2.24) is 9.97 Å². The van der Waals surface area contributed by atoms with E-state index in [0.717, 1.165) is 16.3 Å². The number of thioether (sulfide) groups is 1. The van der Waals surface area contributed by atoms with Crippen LogP contribution < -0.4 is 10.1 Å². The van der Waals surface area contributed by atoms with Gasteiger partial charge in [-0.05, 0) is 24.6 Å². The quantitative estimate of drug-likeness (QED) is 0.478. The van der Waals surface area contributed by atoms with Gasteiger partial charge in [0.25, 0.3) is 0 Å². The Morgan fingerprint density at radius 3 is 2.59 bits per heavy atom. The molecule has 0 spiro atoms. The van der Waals surface area contributed by atoms with Crippen LogP contribution in [0.1, 0.15) is 13.3 Å². The lowest BCUT2D eigenvalue weighted by Gasteiger charge is -2.16. The third-order valence-electron chi connectivity index (χ3n) is 4.00. The van der Waals surface area contributed by atoms with Gasteiger partial charge in [0.2, 0.25) is 5.91 Å². The summed E-state index contributed by atoms with van der Waals surface area (Å²) in [6.45, 7) is 1.98. The van der Waals surface area contributed by atoms with E-state index in [1.807, 2.05) is 67.6 Å². The van der Waals surface area contributed by atoms with Crippen molar-refractivity contribution >= 4 is 23.4 Å². The summed E-state index contributed by atoms with van der Waals surface area (Å²) < 4.78 is 5.30. The molecule has 1 atom stereocenters. The van der Waals surface area contributed by atoms with Crippen molar-refractivity contribution in [2.75, 3.05) is 12.4 Å². The molecule has 1 amide bonds. The predicted molar refractivity (Wildman–Crippen MR) is 109 cm³/mol. The zero-order valence-electron chi connectivity index (χ0n) is 15.3. The van der Waals surface area contributed by atoms with E-state index in [1.54, 1.807) is 7.11 Å². The van der Waals surface area contributed by atoms with Gasteiger partial charge in [0.15, 0.2) is 0 Å². The number of hydrogen-bond acceptors (Lipinski definition) is 5. The van der Waals surface area contributed by atoms with E-state index < -0.39 is 0 Å². The Kier molecular flexibility index (Phi) is 6.44. The molecule has 0 unspecified atom stereocenters. The minimum atomic E-state index is -0.270. The summed E-state index contributed by atoms with van der Waals surface area (Å²) in [7, 11) is 1.59. The Labute approximate surface area is 163 Å². The Balaban J connectivity index is 1.74. The Morgan fingerprint density at radius 2 is 1.85 bits per heavy atom. The lowest BCUT2D eigenvalue weighted by molar-refractivity contribution is -0.115. The number of carbonyl (C=O) groups excluding carboxylic acids is 1. The molecule has 6 heteroatoms. The van der Waals surface area contributed by atoms with Crippen molar-refractivity contribution in [3.05, 3.63) is 67.0 Å². The number of carbonyl (C=O) groups is 1. The molecule has 0 radical (unpaired) electrons. The van der Waals surface area contributed by atoms with Crippen LogP contribution in [-0.2, 0) is 4.79 Å². The van der Waals surface area contributed by atoms with Crippen LogP contribution in [-0.4, -0.2) is 28.2 Å². The summed E-state index contributed by atoms with van der Waals surface area (Å²) in [5, 5.41) is 3.45. The first-order valence-electron chi connectivity index (χ1n) is 8.69. The van der Waals surface area contributed by atoms with Gasteiger partial charge in [-0.1, -0.05) is 61.2 Å². The summed E-state index contributed by atoms with van der Waals surface area (Å²) in [5.74, 6) is 0.561. The molecule has 1 aromatic heterocycles. The summed E-state index contributed by atoms with van der Waals surface area (Å²) in [6.07, 6.45) is 2.21. The van der Waals surface area contributed by atoms with E-state index in [2.05, 4.69) is 15.3 Å². The third kappa shape index (κ3) is 4.86. The maximum absolute atomic E-state index is 12.7. The van der Waals surface area contributed by atoms with Crippen LogP contribution >= 0.6 is 11.8 Å². The molecule has 0 aliphatic heterocycles. The van der Waals surface area contributed by atoms with Crippen LogP contribution in [0, 0.1) is 0 Å². The molecular weight excluding hydrogens is 358 g/mol. The van der Waals surface area contributed by atoms with E-state index in [4.69, 9.17) is 4.74 Å². The fourth-order valence-corrected chi connectivity index (χ4v) is 3.51. The lowest BCUT2D eigenvalue weighted by Crippen LogP contribution is -2.24. The fourth-order valence-electron chi connectivity index (χ4n) is 2.60. The molecule has 1 heterocycles. The molecule has 0 saturated carbocycles. The third-order valence-corrected chi connectivity index (χ3v) is 5.30. The second-order valence-electron chi connectivity index (χ2n) is 5.81. The van der Waals surface area contributed by atoms with Crippen molar-refractivity contribution in [3.63, 3.8) is 0 Å². The number of ether oxygens (including phenoxy) is 1. The topological polar surface area (TPSA) is 64.1 Å². The second kappa shape index (κ2) is 9.19. The molecule has 2 aromatic carbocycles. The Bertz CT molecular complexity index is 903. The molecule has 27 heavy (non-hydrogen) atoms. The summed E-state index contributed by atoms with van der Waals surface area (Å²) in [5.41, 5.74) is 2.53. The van der Waals surface area contributed by atoms with E-state index in [1.165, 1.54) is 18.1 Å².